The third kappa shape index (κ3) is 6.90. The van der Waals surface area contributed by atoms with E-state index in [0.29, 0.717) is 12.3 Å². The zero-order chi connectivity index (χ0) is 25.1. The number of nitrogens with zero attached hydrogens (tertiary/aromatic N) is 2. The molecule has 0 aliphatic carbocycles. The Bertz CT molecular complexity index is 913. The van der Waals surface area contributed by atoms with Gasteiger partial charge < -0.3 is 15.1 Å². The molecule has 0 aromatic heterocycles. The lowest BCUT2D eigenvalue weighted by Crippen LogP contribution is -2.61. The van der Waals surface area contributed by atoms with Crippen molar-refractivity contribution < 1.29 is 24.6 Å². The number of hydrogen-bond acceptors (Lipinski definition) is 4. The van der Waals surface area contributed by atoms with E-state index in [1.165, 1.54) is 5.56 Å². The molecule has 1 unspecified atom stereocenters. The highest BCUT2D eigenvalue weighted by molar-refractivity contribution is 6.27. The molecular weight excluding hydrogens is 432 g/mol. The highest BCUT2D eigenvalue weighted by atomic mass is 16.4. The van der Waals surface area contributed by atoms with Gasteiger partial charge in [0.05, 0.1) is 5.54 Å². The minimum atomic E-state index is -1.82. The Morgan fingerprint density at radius 2 is 1.41 bits per heavy atom. The Morgan fingerprint density at radius 3 is 1.85 bits per heavy atom. The zero-order valence-corrected chi connectivity index (χ0v) is 20.3. The van der Waals surface area contributed by atoms with Crippen molar-refractivity contribution in [2.75, 3.05) is 18.0 Å². The summed E-state index contributed by atoms with van der Waals surface area (Å²) in [5, 5.41) is 14.8. The molecule has 7 nitrogen and oxygen atoms in total. The summed E-state index contributed by atoms with van der Waals surface area (Å²) >= 11 is 0. The summed E-state index contributed by atoms with van der Waals surface area (Å²) in [5.41, 5.74) is 2.31. The second kappa shape index (κ2) is 12.9. The van der Waals surface area contributed by atoms with Crippen LogP contribution in [0.15, 0.2) is 60.7 Å². The summed E-state index contributed by atoms with van der Waals surface area (Å²) in [6.07, 6.45) is 3.67. The van der Waals surface area contributed by atoms with E-state index < -0.39 is 11.9 Å². The number of piperidine rings is 1. The van der Waals surface area contributed by atoms with Crippen molar-refractivity contribution in [3.63, 3.8) is 0 Å². The van der Waals surface area contributed by atoms with Crippen LogP contribution in [-0.2, 0) is 20.9 Å². The first kappa shape index (κ1) is 27.1. The van der Waals surface area contributed by atoms with Gasteiger partial charge in [0.15, 0.2) is 0 Å². The molecule has 34 heavy (non-hydrogen) atoms. The Balaban J connectivity index is 0.000000604. The molecule has 2 aromatic rings. The first-order valence-corrected chi connectivity index (χ1v) is 11.9. The lowest BCUT2D eigenvalue weighted by molar-refractivity contribution is -0.159. The Morgan fingerprint density at radius 1 is 0.912 bits per heavy atom. The molecule has 0 spiro atoms. The number of anilines is 1. The molecule has 1 fully saturated rings. The number of amides is 1. The molecule has 1 aliphatic rings. The predicted octanol–water partition coefficient (Wildman–Crippen LogP) is 4.67. The van der Waals surface area contributed by atoms with E-state index >= 15 is 0 Å². The van der Waals surface area contributed by atoms with Crippen LogP contribution in [0.4, 0.5) is 5.69 Å². The second-order valence-corrected chi connectivity index (χ2v) is 8.70. The predicted molar refractivity (Wildman–Crippen MR) is 133 cm³/mol. The van der Waals surface area contributed by atoms with Crippen LogP contribution in [0.1, 0.15) is 52.0 Å². The van der Waals surface area contributed by atoms with Gasteiger partial charge in [0.25, 0.3) is 0 Å². The molecule has 1 aliphatic heterocycles. The molecule has 0 bridgehead atoms. The number of aliphatic carboxylic acids is 2. The van der Waals surface area contributed by atoms with Crippen LogP contribution < -0.4 is 4.90 Å². The number of carboxylic acid groups (broad SMARTS) is 2. The molecule has 1 heterocycles. The summed E-state index contributed by atoms with van der Waals surface area (Å²) in [6, 6.07) is 21.0. The van der Waals surface area contributed by atoms with Crippen LogP contribution >= 0.6 is 0 Å². The van der Waals surface area contributed by atoms with Crippen LogP contribution in [0.3, 0.4) is 0 Å². The first-order valence-electron chi connectivity index (χ1n) is 11.9. The monoisotopic (exact) mass is 468 g/mol. The van der Waals surface area contributed by atoms with Gasteiger partial charge in [-0.15, -0.1) is 0 Å². The van der Waals surface area contributed by atoms with Crippen molar-refractivity contribution in [3.8, 4) is 0 Å². The van der Waals surface area contributed by atoms with Gasteiger partial charge in [-0.1, -0.05) is 75.7 Å². The van der Waals surface area contributed by atoms with Crippen LogP contribution in [-0.4, -0.2) is 51.6 Å². The quantitative estimate of drug-likeness (QED) is 0.573. The van der Waals surface area contributed by atoms with E-state index in [1.807, 2.05) is 25.1 Å². The van der Waals surface area contributed by atoms with Crippen molar-refractivity contribution >= 4 is 23.5 Å². The Hall–Kier alpha value is -3.19. The smallest absolute Gasteiger partial charge is 0.414 e. The molecule has 184 valence electrons. The lowest BCUT2D eigenvalue weighted by Gasteiger charge is -2.52. The molecule has 0 saturated carbocycles. The van der Waals surface area contributed by atoms with E-state index in [-0.39, 0.29) is 11.4 Å². The molecule has 1 amide bonds. The van der Waals surface area contributed by atoms with Gasteiger partial charge >= 0.3 is 11.9 Å². The fourth-order valence-corrected chi connectivity index (χ4v) is 4.64. The highest BCUT2D eigenvalue weighted by Crippen LogP contribution is 2.41. The SMILES string of the molecule is CCC(=O)N(c1ccccc1)C1(C(C)CC)CCN(Cc2ccccc2)CC1.O=C(O)C(=O)O. The minimum absolute atomic E-state index is 0.101. The summed E-state index contributed by atoms with van der Waals surface area (Å²) < 4.78 is 0. The number of likely N-dealkylation sites (tertiary alicyclic amines) is 1. The average Bonchev–Trinajstić information content (AvgIpc) is 2.86. The summed E-state index contributed by atoms with van der Waals surface area (Å²) in [4.78, 5) is 36.0. The maximum Gasteiger partial charge on any atom is 0.414 e. The van der Waals surface area contributed by atoms with Gasteiger partial charge in [-0.2, -0.15) is 0 Å². The van der Waals surface area contributed by atoms with Crippen molar-refractivity contribution in [3.05, 3.63) is 66.2 Å². The highest BCUT2D eigenvalue weighted by Gasteiger charge is 2.45. The number of hydrogen-bond donors (Lipinski definition) is 2. The van der Waals surface area contributed by atoms with Gasteiger partial charge in [0.2, 0.25) is 5.91 Å². The fourth-order valence-electron chi connectivity index (χ4n) is 4.64. The second-order valence-electron chi connectivity index (χ2n) is 8.70. The molecule has 3 rings (SSSR count). The molecular formula is C27H36N2O5. The number of carbonyl (C=O) groups excluding carboxylic acids is 1. The van der Waals surface area contributed by atoms with Crippen LogP contribution in [0.2, 0.25) is 0 Å². The van der Waals surface area contributed by atoms with Crippen LogP contribution in [0.5, 0.6) is 0 Å². The molecule has 1 atom stereocenters. The van der Waals surface area contributed by atoms with E-state index in [1.54, 1.807) is 0 Å². The lowest BCUT2D eigenvalue weighted by atomic mass is 9.73. The Kier molecular flexibility index (Phi) is 10.3. The van der Waals surface area contributed by atoms with Crippen LogP contribution in [0, 0.1) is 5.92 Å². The molecule has 2 aromatic carbocycles. The van der Waals surface area contributed by atoms with Gasteiger partial charge in [0.1, 0.15) is 0 Å². The van der Waals surface area contributed by atoms with Gasteiger partial charge in [-0.25, -0.2) is 9.59 Å². The minimum Gasteiger partial charge on any atom is -0.473 e. The number of carbonyl (C=O) groups is 3. The molecule has 7 heteroatoms. The van der Waals surface area contributed by atoms with Crippen molar-refractivity contribution in [1.29, 1.82) is 0 Å². The zero-order valence-electron chi connectivity index (χ0n) is 20.3. The maximum atomic E-state index is 13.1. The van der Waals surface area contributed by atoms with Gasteiger partial charge in [0, 0.05) is 31.7 Å². The number of carboxylic acids is 2. The van der Waals surface area contributed by atoms with Crippen molar-refractivity contribution in [2.24, 2.45) is 5.92 Å². The number of para-hydroxylation sites is 1. The Labute approximate surface area is 202 Å². The standard InChI is InChI=1S/C25H34N2O.C2H2O4/c1-4-21(3)25(27(24(28)5-2)23-14-10-7-11-15-23)16-18-26(19-17-25)20-22-12-8-6-9-13-22;3-1(4)2(5)6/h6-15,21H,4-5,16-20H2,1-3H3;(H,3,4)(H,5,6). The third-order valence-electron chi connectivity index (χ3n) is 6.70. The summed E-state index contributed by atoms with van der Waals surface area (Å²) in [7, 11) is 0. The number of benzene rings is 2. The van der Waals surface area contributed by atoms with E-state index in [4.69, 9.17) is 19.8 Å². The normalized spacial score (nSPS) is 16.0. The topological polar surface area (TPSA) is 98.2 Å². The van der Waals surface area contributed by atoms with Gasteiger partial charge in [-0.05, 0) is 36.5 Å². The van der Waals surface area contributed by atoms with Crippen LogP contribution in [0.25, 0.3) is 0 Å². The average molecular weight is 469 g/mol. The van der Waals surface area contributed by atoms with E-state index in [0.717, 1.165) is 44.6 Å². The van der Waals surface area contributed by atoms with Crippen molar-refractivity contribution in [1.82, 2.24) is 4.90 Å². The van der Waals surface area contributed by atoms with E-state index in [2.05, 4.69) is 66.1 Å². The van der Waals surface area contributed by atoms with E-state index in [9.17, 15) is 4.79 Å². The first-order chi connectivity index (χ1) is 16.2. The number of rotatable bonds is 7. The molecule has 0 radical (unpaired) electrons. The maximum absolute atomic E-state index is 13.1. The summed E-state index contributed by atoms with van der Waals surface area (Å²) in [5.74, 6) is -2.95. The summed E-state index contributed by atoms with van der Waals surface area (Å²) in [6.45, 7) is 9.60. The molecule has 1 saturated heterocycles. The fraction of sp³-hybridized carbons (Fsp3) is 0.444. The molecule has 2 N–H and O–H groups in total. The van der Waals surface area contributed by atoms with Crippen molar-refractivity contribution in [2.45, 2.75) is 58.5 Å². The third-order valence-corrected chi connectivity index (χ3v) is 6.70. The van der Waals surface area contributed by atoms with Gasteiger partial charge in [-0.3, -0.25) is 9.69 Å². The largest absolute Gasteiger partial charge is 0.473 e.